The summed E-state index contributed by atoms with van der Waals surface area (Å²) in [5, 5.41) is 3.24. The molecule has 0 aliphatic carbocycles. The van der Waals surface area contributed by atoms with Crippen LogP contribution in [0.4, 0.5) is 4.39 Å². The van der Waals surface area contributed by atoms with Gasteiger partial charge in [-0.1, -0.05) is 12.1 Å². The van der Waals surface area contributed by atoms with Gasteiger partial charge in [-0.3, -0.25) is 4.90 Å². The fourth-order valence-electron chi connectivity index (χ4n) is 2.78. The van der Waals surface area contributed by atoms with Crippen LogP contribution in [-0.4, -0.2) is 31.1 Å². The molecule has 0 spiro atoms. The summed E-state index contributed by atoms with van der Waals surface area (Å²) in [5.41, 5.74) is 1.08. The quantitative estimate of drug-likeness (QED) is 0.864. The van der Waals surface area contributed by atoms with E-state index < -0.39 is 0 Å². The van der Waals surface area contributed by atoms with E-state index in [-0.39, 0.29) is 5.82 Å². The summed E-state index contributed by atoms with van der Waals surface area (Å²) in [6, 6.07) is 7.85. The van der Waals surface area contributed by atoms with Crippen LogP contribution in [0.15, 0.2) is 24.3 Å². The molecule has 0 radical (unpaired) electrons. The van der Waals surface area contributed by atoms with Gasteiger partial charge in [0, 0.05) is 18.6 Å². The second-order valence-corrected chi connectivity index (χ2v) is 4.82. The molecule has 3 heteroatoms. The van der Waals surface area contributed by atoms with Gasteiger partial charge >= 0.3 is 0 Å². The van der Waals surface area contributed by atoms with Crippen molar-refractivity contribution >= 4 is 0 Å². The second kappa shape index (κ2) is 5.61. The summed E-state index contributed by atoms with van der Waals surface area (Å²) in [6.45, 7) is 4.30. The maximum absolute atomic E-state index is 13.2. The average molecular weight is 236 g/mol. The number of likely N-dealkylation sites (N-methyl/N-ethyl adjacent to an activating group) is 1. The third-order valence-electron chi connectivity index (χ3n) is 3.69. The number of hydrogen-bond acceptors (Lipinski definition) is 2. The molecule has 1 aromatic rings. The third-order valence-corrected chi connectivity index (χ3v) is 3.69. The highest BCUT2D eigenvalue weighted by atomic mass is 19.1. The van der Waals surface area contributed by atoms with Gasteiger partial charge < -0.3 is 5.32 Å². The predicted molar refractivity (Wildman–Crippen MR) is 68.5 cm³/mol. The number of nitrogens with zero attached hydrogens (tertiary/aromatic N) is 1. The van der Waals surface area contributed by atoms with Gasteiger partial charge in [-0.15, -0.1) is 0 Å². The number of hydrogen-bond donors (Lipinski definition) is 1. The van der Waals surface area contributed by atoms with E-state index in [0.717, 1.165) is 18.7 Å². The Hall–Kier alpha value is -0.930. The Labute approximate surface area is 103 Å². The maximum atomic E-state index is 13.2. The summed E-state index contributed by atoms with van der Waals surface area (Å²) >= 11 is 0. The first-order valence-corrected chi connectivity index (χ1v) is 6.38. The molecule has 2 nitrogen and oxygen atoms in total. The normalized spacial score (nSPS) is 22.9. The van der Waals surface area contributed by atoms with Crippen LogP contribution in [0.2, 0.25) is 0 Å². The van der Waals surface area contributed by atoms with Crippen molar-refractivity contribution in [2.45, 2.75) is 31.8 Å². The van der Waals surface area contributed by atoms with Gasteiger partial charge in [-0.25, -0.2) is 4.39 Å². The maximum Gasteiger partial charge on any atom is 0.123 e. The van der Waals surface area contributed by atoms with E-state index in [1.165, 1.54) is 18.9 Å². The Balaban J connectivity index is 2.11. The van der Waals surface area contributed by atoms with Crippen LogP contribution < -0.4 is 5.32 Å². The second-order valence-electron chi connectivity index (χ2n) is 4.82. The first-order valence-electron chi connectivity index (χ1n) is 6.38. The van der Waals surface area contributed by atoms with Crippen molar-refractivity contribution < 1.29 is 4.39 Å². The highest BCUT2D eigenvalue weighted by Crippen LogP contribution is 2.28. The molecule has 1 aromatic carbocycles. The minimum absolute atomic E-state index is 0.140. The molecule has 0 aromatic heterocycles. The average Bonchev–Trinajstić information content (AvgIpc) is 2.77. The molecule has 0 amide bonds. The number of likely N-dealkylation sites (tertiary alicyclic amines) is 1. The monoisotopic (exact) mass is 236 g/mol. The van der Waals surface area contributed by atoms with Crippen molar-refractivity contribution in [3.8, 4) is 0 Å². The molecule has 1 heterocycles. The molecule has 17 heavy (non-hydrogen) atoms. The number of rotatable bonds is 4. The number of nitrogens with one attached hydrogen (secondary N) is 1. The van der Waals surface area contributed by atoms with Crippen molar-refractivity contribution in [2.75, 3.05) is 20.1 Å². The van der Waals surface area contributed by atoms with E-state index in [1.54, 1.807) is 12.1 Å². The molecule has 2 unspecified atom stereocenters. The predicted octanol–water partition coefficient (Wildman–Crippen LogP) is 2.57. The Kier molecular flexibility index (Phi) is 4.13. The Morgan fingerprint density at radius 1 is 1.53 bits per heavy atom. The summed E-state index contributed by atoms with van der Waals surface area (Å²) in [5.74, 6) is -0.140. The molecule has 1 N–H and O–H groups in total. The molecule has 0 bridgehead atoms. The molecule has 2 atom stereocenters. The minimum Gasteiger partial charge on any atom is -0.318 e. The lowest BCUT2D eigenvalue weighted by atomic mass is 10.1. The molecule has 94 valence electrons. The SMILES string of the molecule is CNCC1CCCN1C(C)c1cccc(F)c1. The van der Waals surface area contributed by atoms with Crippen molar-refractivity contribution in [3.05, 3.63) is 35.6 Å². The van der Waals surface area contributed by atoms with Crippen LogP contribution in [0.3, 0.4) is 0 Å². The molecule has 1 aliphatic heterocycles. The van der Waals surface area contributed by atoms with Gasteiger partial charge in [0.25, 0.3) is 0 Å². The van der Waals surface area contributed by atoms with Gasteiger partial charge in [0.1, 0.15) is 5.82 Å². The standard InChI is InChI=1S/C14H21FN2/c1-11(12-5-3-6-13(15)9-12)17-8-4-7-14(17)10-16-2/h3,5-6,9,11,14,16H,4,7-8,10H2,1-2H3. The molecule has 1 fully saturated rings. The van der Waals surface area contributed by atoms with Crippen molar-refractivity contribution in [1.82, 2.24) is 10.2 Å². The zero-order chi connectivity index (χ0) is 12.3. The number of benzene rings is 1. The van der Waals surface area contributed by atoms with E-state index in [0.29, 0.717) is 12.1 Å². The largest absolute Gasteiger partial charge is 0.318 e. The van der Waals surface area contributed by atoms with E-state index in [9.17, 15) is 4.39 Å². The molecule has 1 saturated heterocycles. The van der Waals surface area contributed by atoms with Crippen molar-refractivity contribution in [3.63, 3.8) is 0 Å². The van der Waals surface area contributed by atoms with Crippen LogP contribution in [0.25, 0.3) is 0 Å². The molecular formula is C14H21FN2. The van der Waals surface area contributed by atoms with Gasteiger partial charge in [0.15, 0.2) is 0 Å². The third kappa shape index (κ3) is 2.85. The van der Waals surface area contributed by atoms with Crippen molar-refractivity contribution in [2.24, 2.45) is 0 Å². The molecule has 1 aliphatic rings. The van der Waals surface area contributed by atoms with Gasteiger partial charge in [-0.2, -0.15) is 0 Å². The Morgan fingerprint density at radius 2 is 2.35 bits per heavy atom. The minimum atomic E-state index is -0.140. The highest BCUT2D eigenvalue weighted by molar-refractivity contribution is 5.20. The Morgan fingerprint density at radius 3 is 3.06 bits per heavy atom. The lowest BCUT2D eigenvalue weighted by Crippen LogP contribution is -2.38. The van der Waals surface area contributed by atoms with Gasteiger partial charge in [0.2, 0.25) is 0 Å². The van der Waals surface area contributed by atoms with Crippen LogP contribution in [0.1, 0.15) is 31.4 Å². The highest BCUT2D eigenvalue weighted by Gasteiger charge is 2.28. The first kappa shape index (κ1) is 12.5. The fourth-order valence-corrected chi connectivity index (χ4v) is 2.78. The van der Waals surface area contributed by atoms with Crippen LogP contribution in [0.5, 0.6) is 0 Å². The van der Waals surface area contributed by atoms with Crippen LogP contribution in [-0.2, 0) is 0 Å². The smallest absolute Gasteiger partial charge is 0.123 e. The summed E-state index contributed by atoms with van der Waals surface area (Å²) in [6.07, 6.45) is 2.48. The molecular weight excluding hydrogens is 215 g/mol. The van der Waals surface area contributed by atoms with Gasteiger partial charge in [-0.05, 0) is 51.1 Å². The van der Waals surface area contributed by atoms with Crippen LogP contribution in [0, 0.1) is 5.82 Å². The lowest BCUT2D eigenvalue weighted by molar-refractivity contribution is 0.191. The zero-order valence-electron chi connectivity index (χ0n) is 10.6. The summed E-state index contributed by atoms with van der Waals surface area (Å²) < 4.78 is 13.2. The van der Waals surface area contributed by atoms with E-state index in [1.807, 2.05) is 13.1 Å². The summed E-state index contributed by atoms with van der Waals surface area (Å²) in [7, 11) is 1.99. The number of halogens is 1. The lowest BCUT2D eigenvalue weighted by Gasteiger charge is -2.31. The van der Waals surface area contributed by atoms with E-state index in [2.05, 4.69) is 17.1 Å². The Bertz CT molecular complexity index is 367. The summed E-state index contributed by atoms with van der Waals surface area (Å²) in [4.78, 5) is 2.48. The van der Waals surface area contributed by atoms with E-state index in [4.69, 9.17) is 0 Å². The topological polar surface area (TPSA) is 15.3 Å². The molecule has 2 rings (SSSR count). The van der Waals surface area contributed by atoms with E-state index >= 15 is 0 Å². The molecule has 0 saturated carbocycles. The van der Waals surface area contributed by atoms with Crippen molar-refractivity contribution in [1.29, 1.82) is 0 Å². The first-order chi connectivity index (χ1) is 8.22. The fraction of sp³-hybridized carbons (Fsp3) is 0.571. The van der Waals surface area contributed by atoms with Gasteiger partial charge in [0.05, 0.1) is 0 Å². The van der Waals surface area contributed by atoms with Crippen LogP contribution >= 0.6 is 0 Å². The zero-order valence-corrected chi connectivity index (χ0v) is 10.6.